The fraction of sp³-hybridized carbons (Fsp3) is 0.500. The summed E-state index contributed by atoms with van der Waals surface area (Å²) in [5.74, 6) is -0.755. The van der Waals surface area contributed by atoms with Crippen LogP contribution in [0, 0.1) is 6.92 Å². The van der Waals surface area contributed by atoms with E-state index in [1.165, 1.54) is 15.7 Å². The summed E-state index contributed by atoms with van der Waals surface area (Å²) in [4.78, 5) is 54.3. The predicted octanol–water partition coefficient (Wildman–Crippen LogP) is 2.82. The minimum absolute atomic E-state index is 0.0387. The lowest BCUT2D eigenvalue weighted by atomic mass is 10.1. The maximum Gasteiger partial charge on any atom is 0.330 e. The molecule has 0 radical (unpaired) electrons. The van der Waals surface area contributed by atoms with Crippen molar-refractivity contribution in [2.45, 2.75) is 70.6 Å². The van der Waals surface area contributed by atoms with E-state index >= 15 is 0 Å². The lowest BCUT2D eigenvalue weighted by Gasteiger charge is -2.37. The number of H-pyrrole nitrogens is 1. The molecule has 0 unspecified atom stereocenters. The number of aryl methyl sites for hydroxylation is 1. The van der Waals surface area contributed by atoms with Crippen LogP contribution in [0.25, 0.3) is 0 Å². The van der Waals surface area contributed by atoms with Gasteiger partial charge in [0.15, 0.2) is 8.32 Å². The van der Waals surface area contributed by atoms with Gasteiger partial charge in [-0.1, -0.05) is 32.9 Å². The molecule has 0 saturated carbocycles. The van der Waals surface area contributed by atoms with Crippen LogP contribution in [0.15, 0.2) is 40.1 Å². The number of carbonyl (C=O) groups excluding carboxylic acids is 2. The Hall–Kier alpha value is -2.82. The van der Waals surface area contributed by atoms with Gasteiger partial charge >= 0.3 is 5.69 Å². The third kappa shape index (κ3) is 4.10. The predicted molar refractivity (Wildman–Crippen MR) is 128 cm³/mol. The lowest BCUT2D eigenvalue weighted by Crippen LogP contribution is -2.49. The number of benzene rings is 1. The minimum Gasteiger partial charge on any atom is -0.414 e. The molecule has 34 heavy (non-hydrogen) atoms. The first-order chi connectivity index (χ1) is 15.8. The minimum atomic E-state index is -2.15. The molecular weight excluding hydrogens is 454 g/mol. The number of ether oxygens (including phenoxy) is 1. The highest BCUT2D eigenvalue weighted by Gasteiger charge is 2.49. The number of hydrogen-bond acceptors (Lipinski definition) is 6. The summed E-state index contributed by atoms with van der Waals surface area (Å²) >= 11 is 0. The molecule has 1 saturated heterocycles. The molecule has 2 aromatic rings. The van der Waals surface area contributed by atoms with Crippen molar-refractivity contribution < 1.29 is 18.8 Å². The second-order valence-corrected chi connectivity index (χ2v) is 15.3. The van der Waals surface area contributed by atoms with Crippen LogP contribution >= 0.6 is 0 Å². The standard InChI is InChI=1S/C24H31N3O6Si/c1-14-12-26(23(31)25-20(14)28)19-11-17(18(33-19)13-32-34(5,6)24(2,3)4)27-21(29)15-9-7-8-10-16(15)22(27)30/h7-10,12,17-19H,11,13H2,1-6H3,(H,25,28,31)/t17-,18-,19-/m1/s1. The molecule has 3 heterocycles. The fourth-order valence-electron chi connectivity index (χ4n) is 4.12. The van der Waals surface area contributed by atoms with Crippen LogP contribution < -0.4 is 11.2 Å². The summed E-state index contributed by atoms with van der Waals surface area (Å²) in [6.07, 6.45) is 0.274. The summed E-state index contributed by atoms with van der Waals surface area (Å²) in [6.45, 7) is 12.4. The molecule has 1 aromatic heterocycles. The molecule has 4 rings (SSSR count). The van der Waals surface area contributed by atoms with Gasteiger partial charge in [-0.15, -0.1) is 0 Å². The Morgan fingerprint density at radius 3 is 2.24 bits per heavy atom. The average Bonchev–Trinajstić information content (AvgIpc) is 3.27. The van der Waals surface area contributed by atoms with Gasteiger partial charge in [-0.2, -0.15) is 0 Å². The Bertz CT molecular complexity index is 1220. The number of rotatable bonds is 5. The van der Waals surface area contributed by atoms with Crippen molar-refractivity contribution >= 4 is 20.1 Å². The Labute approximate surface area is 198 Å². The van der Waals surface area contributed by atoms with Gasteiger partial charge in [0.2, 0.25) is 0 Å². The summed E-state index contributed by atoms with van der Waals surface area (Å²) in [5, 5.41) is -0.0387. The van der Waals surface area contributed by atoms with Crippen molar-refractivity contribution in [3.05, 3.63) is 68.0 Å². The van der Waals surface area contributed by atoms with Crippen molar-refractivity contribution in [1.82, 2.24) is 14.5 Å². The number of nitrogens with one attached hydrogen (secondary N) is 1. The van der Waals surface area contributed by atoms with E-state index in [-0.39, 0.29) is 29.9 Å². The van der Waals surface area contributed by atoms with Crippen LogP contribution in [0.3, 0.4) is 0 Å². The van der Waals surface area contributed by atoms with E-state index in [0.29, 0.717) is 16.7 Å². The largest absolute Gasteiger partial charge is 0.414 e. The van der Waals surface area contributed by atoms with E-state index in [4.69, 9.17) is 9.16 Å². The van der Waals surface area contributed by atoms with E-state index in [1.54, 1.807) is 31.2 Å². The van der Waals surface area contributed by atoms with Gasteiger partial charge < -0.3 is 9.16 Å². The van der Waals surface area contributed by atoms with Crippen molar-refractivity contribution in [3.8, 4) is 0 Å². The molecule has 0 aliphatic carbocycles. The molecule has 1 aromatic carbocycles. The monoisotopic (exact) mass is 485 g/mol. The number of amides is 2. The highest BCUT2D eigenvalue weighted by molar-refractivity contribution is 6.74. The highest BCUT2D eigenvalue weighted by atomic mass is 28.4. The Kier molecular flexibility index (Phi) is 6.03. The van der Waals surface area contributed by atoms with Gasteiger partial charge in [0.25, 0.3) is 17.4 Å². The number of aromatic amines is 1. The van der Waals surface area contributed by atoms with Crippen molar-refractivity contribution in [2.75, 3.05) is 6.61 Å². The number of imide groups is 1. The first-order valence-electron chi connectivity index (χ1n) is 11.4. The highest BCUT2D eigenvalue weighted by Crippen LogP contribution is 2.39. The molecule has 2 aliphatic heterocycles. The smallest absolute Gasteiger partial charge is 0.330 e. The van der Waals surface area contributed by atoms with Crippen LogP contribution in [0.5, 0.6) is 0 Å². The molecule has 182 valence electrons. The third-order valence-electron chi connectivity index (χ3n) is 7.23. The molecule has 10 heteroatoms. The summed E-state index contributed by atoms with van der Waals surface area (Å²) in [5.41, 5.74) is 0.0113. The van der Waals surface area contributed by atoms with Gasteiger partial charge in [-0.25, -0.2) is 4.79 Å². The quantitative estimate of drug-likeness (QED) is 0.515. The Morgan fingerprint density at radius 2 is 1.68 bits per heavy atom. The number of fused-ring (bicyclic) bond motifs is 1. The summed E-state index contributed by atoms with van der Waals surface area (Å²) in [6, 6.07) is 6.10. The molecular formula is C24H31N3O6Si. The SMILES string of the molecule is Cc1cn([C@H]2C[C@@H](N3C(=O)c4ccccc4C3=O)[C@@H](CO[Si](C)(C)C(C)(C)C)O2)c(=O)[nH]c1=O. The molecule has 2 amide bonds. The number of hydrogen-bond donors (Lipinski definition) is 1. The second-order valence-electron chi connectivity index (χ2n) is 10.5. The lowest BCUT2D eigenvalue weighted by molar-refractivity contribution is -0.0326. The maximum atomic E-state index is 13.2. The Balaban J connectivity index is 1.68. The normalized spacial score (nSPS) is 23.0. The zero-order chi connectivity index (χ0) is 25.0. The molecule has 0 spiro atoms. The number of nitrogens with zero attached hydrogens (tertiary/aromatic N) is 2. The number of carbonyl (C=O) groups is 2. The Morgan fingerprint density at radius 1 is 1.09 bits per heavy atom. The first-order valence-corrected chi connectivity index (χ1v) is 14.3. The molecule has 3 atom stereocenters. The zero-order valence-electron chi connectivity index (χ0n) is 20.4. The summed E-state index contributed by atoms with van der Waals surface area (Å²) in [7, 11) is -2.15. The van der Waals surface area contributed by atoms with E-state index in [2.05, 4.69) is 38.8 Å². The molecule has 2 aliphatic rings. The molecule has 9 nitrogen and oxygen atoms in total. The van der Waals surface area contributed by atoms with Gasteiger partial charge in [-0.3, -0.25) is 28.8 Å². The van der Waals surface area contributed by atoms with Crippen LogP contribution in [0.2, 0.25) is 18.1 Å². The van der Waals surface area contributed by atoms with E-state index in [9.17, 15) is 19.2 Å². The van der Waals surface area contributed by atoms with Crippen LogP contribution in [-0.2, 0) is 9.16 Å². The number of aromatic nitrogens is 2. The van der Waals surface area contributed by atoms with E-state index in [1.807, 2.05) is 0 Å². The summed E-state index contributed by atoms with van der Waals surface area (Å²) < 4.78 is 13.9. The molecule has 1 N–H and O–H groups in total. The van der Waals surface area contributed by atoms with Crippen LogP contribution in [-0.4, -0.2) is 53.3 Å². The first kappa shape index (κ1) is 24.3. The third-order valence-corrected chi connectivity index (χ3v) is 11.7. The van der Waals surface area contributed by atoms with E-state index in [0.717, 1.165) is 0 Å². The second kappa shape index (κ2) is 8.44. The van der Waals surface area contributed by atoms with Gasteiger partial charge in [-0.05, 0) is 37.2 Å². The molecule has 1 fully saturated rings. The van der Waals surface area contributed by atoms with Gasteiger partial charge in [0.05, 0.1) is 23.8 Å². The van der Waals surface area contributed by atoms with Crippen LogP contribution in [0.4, 0.5) is 0 Å². The maximum absolute atomic E-state index is 13.2. The van der Waals surface area contributed by atoms with Crippen molar-refractivity contribution in [1.29, 1.82) is 0 Å². The van der Waals surface area contributed by atoms with Crippen molar-refractivity contribution in [2.24, 2.45) is 0 Å². The van der Waals surface area contributed by atoms with Gasteiger partial charge in [0.1, 0.15) is 12.3 Å². The van der Waals surface area contributed by atoms with Crippen molar-refractivity contribution in [3.63, 3.8) is 0 Å². The van der Waals surface area contributed by atoms with Crippen LogP contribution in [0.1, 0.15) is 59.7 Å². The fourth-order valence-corrected chi connectivity index (χ4v) is 5.14. The average molecular weight is 486 g/mol. The zero-order valence-corrected chi connectivity index (χ0v) is 21.4. The van der Waals surface area contributed by atoms with E-state index < -0.39 is 37.9 Å². The molecule has 0 bridgehead atoms. The van der Waals surface area contributed by atoms with Gasteiger partial charge in [0, 0.05) is 18.2 Å². The topological polar surface area (TPSA) is 111 Å².